The molecule has 1 aliphatic rings. The maximum Gasteiger partial charge on any atom is 0.129 e. The average Bonchev–Trinajstić information content (AvgIpc) is 3.19. The van der Waals surface area contributed by atoms with Gasteiger partial charge in [0.15, 0.2) is 0 Å². The number of rotatable bonds is 6. The lowest BCUT2D eigenvalue weighted by Crippen LogP contribution is -2.22. The van der Waals surface area contributed by atoms with Crippen molar-refractivity contribution in [3.05, 3.63) is 47.5 Å². The molecule has 1 aliphatic carbocycles. The number of nitrogens with zero attached hydrogens (tertiary/aromatic N) is 3. The molecule has 0 spiro atoms. The molecular formula is C16H21FN4. The van der Waals surface area contributed by atoms with E-state index in [1.54, 1.807) is 10.7 Å². The van der Waals surface area contributed by atoms with E-state index in [2.05, 4.69) is 15.3 Å². The maximum atomic E-state index is 14.1. The van der Waals surface area contributed by atoms with Crippen LogP contribution in [0.3, 0.4) is 0 Å². The van der Waals surface area contributed by atoms with E-state index in [0.717, 1.165) is 16.8 Å². The predicted octanol–water partition coefficient (Wildman–Crippen LogP) is 2.45. The van der Waals surface area contributed by atoms with E-state index in [0.29, 0.717) is 19.1 Å². The minimum absolute atomic E-state index is 0.140. The fourth-order valence-corrected chi connectivity index (χ4v) is 2.53. The molecule has 0 bridgehead atoms. The van der Waals surface area contributed by atoms with Crippen LogP contribution < -0.4 is 10.2 Å². The Hall–Kier alpha value is -1.88. The van der Waals surface area contributed by atoms with E-state index in [1.165, 1.54) is 18.9 Å². The Balaban J connectivity index is 1.77. The molecule has 1 aromatic heterocycles. The quantitative estimate of drug-likeness (QED) is 0.886. The molecule has 21 heavy (non-hydrogen) atoms. The molecule has 2 aromatic rings. The minimum atomic E-state index is -0.140. The van der Waals surface area contributed by atoms with Crippen LogP contribution >= 0.6 is 0 Å². The van der Waals surface area contributed by atoms with Crippen molar-refractivity contribution in [3.63, 3.8) is 0 Å². The summed E-state index contributed by atoms with van der Waals surface area (Å²) in [5.41, 5.74) is 2.80. The Morgan fingerprint density at radius 2 is 2.24 bits per heavy atom. The van der Waals surface area contributed by atoms with Gasteiger partial charge in [-0.3, -0.25) is 4.68 Å². The molecule has 0 radical (unpaired) electrons. The summed E-state index contributed by atoms with van der Waals surface area (Å²) >= 11 is 0. The third-order valence-corrected chi connectivity index (χ3v) is 3.83. The van der Waals surface area contributed by atoms with Gasteiger partial charge in [-0.15, -0.1) is 0 Å². The first kappa shape index (κ1) is 14.1. The second-order valence-corrected chi connectivity index (χ2v) is 5.77. The van der Waals surface area contributed by atoms with Crippen molar-refractivity contribution in [1.29, 1.82) is 0 Å². The van der Waals surface area contributed by atoms with Crippen LogP contribution in [-0.2, 0) is 20.1 Å². The Morgan fingerprint density at radius 3 is 2.90 bits per heavy atom. The van der Waals surface area contributed by atoms with Gasteiger partial charge in [0.1, 0.15) is 5.82 Å². The fourth-order valence-electron chi connectivity index (χ4n) is 2.53. The Morgan fingerprint density at radius 1 is 1.43 bits per heavy atom. The highest BCUT2D eigenvalue weighted by molar-refractivity contribution is 5.54. The number of aryl methyl sites for hydroxylation is 1. The molecule has 112 valence electrons. The summed E-state index contributed by atoms with van der Waals surface area (Å²) in [4.78, 5) is 2.07. The van der Waals surface area contributed by atoms with Gasteiger partial charge in [0, 0.05) is 56.2 Å². The fraction of sp³-hybridized carbons (Fsp3) is 0.438. The molecule has 3 rings (SSSR count). The summed E-state index contributed by atoms with van der Waals surface area (Å²) in [6.07, 6.45) is 6.24. The molecule has 1 N–H and O–H groups in total. The zero-order chi connectivity index (χ0) is 14.8. The van der Waals surface area contributed by atoms with E-state index < -0.39 is 0 Å². The summed E-state index contributed by atoms with van der Waals surface area (Å²) in [5, 5.41) is 7.57. The van der Waals surface area contributed by atoms with E-state index in [1.807, 2.05) is 32.6 Å². The molecule has 1 fully saturated rings. The second-order valence-electron chi connectivity index (χ2n) is 5.77. The zero-order valence-electron chi connectivity index (χ0n) is 12.5. The third kappa shape index (κ3) is 3.42. The highest BCUT2D eigenvalue weighted by Gasteiger charge is 2.22. The summed E-state index contributed by atoms with van der Waals surface area (Å²) in [5.74, 6) is -0.140. The number of hydrogen-bond acceptors (Lipinski definition) is 3. The number of benzene rings is 1. The zero-order valence-corrected chi connectivity index (χ0v) is 12.5. The Bertz CT molecular complexity index is 618. The van der Waals surface area contributed by atoms with Crippen LogP contribution in [0.5, 0.6) is 0 Å². The lowest BCUT2D eigenvalue weighted by atomic mass is 10.1. The normalized spacial score (nSPS) is 14.4. The molecule has 0 aliphatic heterocycles. The van der Waals surface area contributed by atoms with Crippen molar-refractivity contribution >= 4 is 5.69 Å². The van der Waals surface area contributed by atoms with Crippen LogP contribution in [0.1, 0.15) is 24.0 Å². The van der Waals surface area contributed by atoms with Crippen LogP contribution in [0, 0.1) is 5.82 Å². The number of anilines is 1. The molecule has 1 saturated carbocycles. The van der Waals surface area contributed by atoms with Crippen molar-refractivity contribution in [2.75, 3.05) is 11.9 Å². The van der Waals surface area contributed by atoms with E-state index in [4.69, 9.17) is 0 Å². The van der Waals surface area contributed by atoms with Gasteiger partial charge in [0.2, 0.25) is 0 Å². The van der Waals surface area contributed by atoms with Crippen molar-refractivity contribution < 1.29 is 4.39 Å². The van der Waals surface area contributed by atoms with Gasteiger partial charge in [-0.25, -0.2) is 4.39 Å². The van der Waals surface area contributed by atoms with Gasteiger partial charge in [-0.1, -0.05) is 6.07 Å². The molecule has 5 heteroatoms. The number of hydrogen-bond donors (Lipinski definition) is 1. The van der Waals surface area contributed by atoms with Crippen molar-refractivity contribution in [3.8, 4) is 0 Å². The first-order chi connectivity index (χ1) is 10.1. The first-order valence-corrected chi connectivity index (χ1v) is 7.33. The maximum absolute atomic E-state index is 14.1. The predicted molar refractivity (Wildman–Crippen MR) is 81.6 cm³/mol. The summed E-state index contributed by atoms with van der Waals surface area (Å²) < 4.78 is 15.9. The van der Waals surface area contributed by atoms with E-state index >= 15 is 0 Å². The minimum Gasteiger partial charge on any atom is -0.370 e. The highest BCUT2D eigenvalue weighted by Crippen LogP contribution is 2.26. The number of nitrogens with one attached hydrogen (secondary N) is 1. The van der Waals surface area contributed by atoms with Crippen LogP contribution in [0.4, 0.5) is 10.1 Å². The second kappa shape index (κ2) is 5.85. The summed E-state index contributed by atoms with van der Waals surface area (Å²) in [6.45, 7) is 1.30. The Kier molecular flexibility index (Phi) is 3.92. The molecule has 4 nitrogen and oxygen atoms in total. The van der Waals surface area contributed by atoms with Crippen LogP contribution in [0.25, 0.3) is 0 Å². The molecule has 0 amide bonds. The van der Waals surface area contributed by atoms with Gasteiger partial charge in [0.05, 0.1) is 6.20 Å². The number of aromatic nitrogens is 2. The smallest absolute Gasteiger partial charge is 0.129 e. The van der Waals surface area contributed by atoms with Crippen LogP contribution in [0.2, 0.25) is 0 Å². The SMILES string of the molecule is CN(Cc1cnn(C)c1)c1cccc(F)c1CNC1CC1. The average molecular weight is 288 g/mol. The lowest BCUT2D eigenvalue weighted by molar-refractivity contribution is 0.586. The first-order valence-electron chi connectivity index (χ1n) is 7.33. The van der Waals surface area contributed by atoms with Gasteiger partial charge >= 0.3 is 0 Å². The van der Waals surface area contributed by atoms with E-state index in [-0.39, 0.29) is 5.82 Å². The Labute approximate surface area is 124 Å². The van der Waals surface area contributed by atoms with Crippen molar-refractivity contribution in [1.82, 2.24) is 15.1 Å². The summed E-state index contributed by atoms with van der Waals surface area (Å²) in [6, 6.07) is 5.85. The van der Waals surface area contributed by atoms with Crippen molar-refractivity contribution in [2.45, 2.75) is 32.0 Å². The van der Waals surface area contributed by atoms with Gasteiger partial charge in [-0.05, 0) is 25.0 Å². The molecular weight excluding hydrogens is 267 g/mol. The van der Waals surface area contributed by atoms with Gasteiger partial charge in [0.25, 0.3) is 0 Å². The van der Waals surface area contributed by atoms with Gasteiger partial charge < -0.3 is 10.2 Å². The molecule has 0 unspecified atom stereocenters. The molecule has 0 saturated heterocycles. The third-order valence-electron chi connectivity index (χ3n) is 3.83. The largest absolute Gasteiger partial charge is 0.370 e. The molecule has 1 heterocycles. The molecule has 0 atom stereocenters. The highest BCUT2D eigenvalue weighted by atomic mass is 19.1. The van der Waals surface area contributed by atoms with E-state index in [9.17, 15) is 4.39 Å². The van der Waals surface area contributed by atoms with Crippen LogP contribution in [0.15, 0.2) is 30.6 Å². The summed E-state index contributed by atoms with van der Waals surface area (Å²) in [7, 11) is 3.89. The van der Waals surface area contributed by atoms with Crippen molar-refractivity contribution in [2.24, 2.45) is 7.05 Å². The van der Waals surface area contributed by atoms with Gasteiger partial charge in [-0.2, -0.15) is 5.10 Å². The standard InChI is InChI=1S/C16H21FN4/c1-20(10-12-8-19-21(2)11-12)16-5-3-4-15(17)14(16)9-18-13-6-7-13/h3-5,8,11,13,18H,6-7,9-10H2,1-2H3. The number of halogens is 1. The lowest BCUT2D eigenvalue weighted by Gasteiger charge is -2.22. The van der Waals surface area contributed by atoms with Crippen LogP contribution in [-0.4, -0.2) is 22.9 Å². The monoisotopic (exact) mass is 288 g/mol. The molecule has 1 aromatic carbocycles. The topological polar surface area (TPSA) is 33.1 Å².